The molecule has 2 nitrogen and oxygen atoms in total. The number of carbonyl (C=O) groups is 1. The van der Waals surface area contributed by atoms with Gasteiger partial charge in [-0.25, -0.2) is 0 Å². The average molecular weight is 191 g/mol. The first-order chi connectivity index (χ1) is 6.20. The number of carbonyl (C=O) groups excluding carboxylic acids is 1. The SMILES string of the molecule is CC(=O)[C@@H]1C[C@@]1(C#N)c1cccs1. The molecule has 1 fully saturated rings. The molecule has 13 heavy (non-hydrogen) atoms. The largest absolute Gasteiger partial charge is 0.300 e. The van der Waals surface area contributed by atoms with Gasteiger partial charge >= 0.3 is 0 Å². The number of thiophene rings is 1. The average Bonchev–Trinajstić information content (AvgIpc) is 2.62. The van der Waals surface area contributed by atoms with Gasteiger partial charge in [0.25, 0.3) is 0 Å². The molecule has 1 heterocycles. The lowest BCUT2D eigenvalue weighted by Crippen LogP contribution is -2.09. The summed E-state index contributed by atoms with van der Waals surface area (Å²) < 4.78 is 0. The second kappa shape index (κ2) is 2.68. The Balaban J connectivity index is 2.33. The maximum absolute atomic E-state index is 11.1. The minimum absolute atomic E-state index is 0.0591. The van der Waals surface area contributed by atoms with Crippen molar-refractivity contribution in [1.82, 2.24) is 0 Å². The highest BCUT2D eigenvalue weighted by molar-refractivity contribution is 7.10. The van der Waals surface area contributed by atoms with E-state index < -0.39 is 5.41 Å². The van der Waals surface area contributed by atoms with Gasteiger partial charge in [0.05, 0.1) is 6.07 Å². The minimum Gasteiger partial charge on any atom is -0.300 e. The molecule has 66 valence electrons. The van der Waals surface area contributed by atoms with E-state index in [1.807, 2.05) is 17.5 Å². The molecule has 1 aromatic heterocycles. The van der Waals surface area contributed by atoms with E-state index in [0.29, 0.717) is 6.42 Å². The predicted octanol–water partition coefficient (Wildman–Crippen LogP) is 2.12. The van der Waals surface area contributed by atoms with Crippen LogP contribution in [-0.4, -0.2) is 5.78 Å². The van der Waals surface area contributed by atoms with Gasteiger partial charge in [-0.1, -0.05) is 6.07 Å². The van der Waals surface area contributed by atoms with Gasteiger partial charge in [0, 0.05) is 10.8 Å². The first-order valence-electron chi connectivity index (χ1n) is 4.16. The third kappa shape index (κ3) is 1.10. The fourth-order valence-electron chi connectivity index (χ4n) is 1.74. The van der Waals surface area contributed by atoms with Crippen molar-refractivity contribution in [3.63, 3.8) is 0 Å². The maximum atomic E-state index is 11.1. The Morgan fingerprint density at radius 2 is 2.62 bits per heavy atom. The number of Topliss-reactive ketones (excluding diaryl/α,β-unsaturated/α-hetero) is 1. The number of hydrogen-bond acceptors (Lipinski definition) is 3. The zero-order chi connectivity index (χ0) is 9.47. The first kappa shape index (κ1) is 8.46. The quantitative estimate of drug-likeness (QED) is 0.718. The van der Waals surface area contributed by atoms with Crippen molar-refractivity contribution in [1.29, 1.82) is 5.26 Å². The van der Waals surface area contributed by atoms with E-state index in [9.17, 15) is 4.79 Å². The Morgan fingerprint density at radius 1 is 1.85 bits per heavy atom. The van der Waals surface area contributed by atoms with E-state index in [0.717, 1.165) is 4.88 Å². The lowest BCUT2D eigenvalue weighted by molar-refractivity contribution is -0.118. The Bertz CT molecular complexity index is 376. The Labute approximate surface area is 80.8 Å². The molecule has 0 amide bonds. The lowest BCUT2D eigenvalue weighted by atomic mass is 10.0. The topological polar surface area (TPSA) is 40.9 Å². The molecule has 2 rings (SSSR count). The molecule has 0 N–H and O–H groups in total. The van der Waals surface area contributed by atoms with Crippen molar-refractivity contribution in [3.8, 4) is 6.07 Å². The summed E-state index contributed by atoms with van der Waals surface area (Å²) in [4.78, 5) is 12.2. The van der Waals surface area contributed by atoms with Gasteiger partial charge < -0.3 is 0 Å². The van der Waals surface area contributed by atoms with Crippen molar-refractivity contribution in [2.24, 2.45) is 5.92 Å². The van der Waals surface area contributed by atoms with Crippen LogP contribution in [0.2, 0.25) is 0 Å². The fraction of sp³-hybridized carbons (Fsp3) is 0.400. The second-order valence-electron chi connectivity index (χ2n) is 3.43. The van der Waals surface area contributed by atoms with Gasteiger partial charge in [0.15, 0.2) is 0 Å². The second-order valence-corrected chi connectivity index (χ2v) is 4.38. The van der Waals surface area contributed by atoms with Crippen LogP contribution < -0.4 is 0 Å². The predicted molar refractivity (Wildman–Crippen MR) is 50.4 cm³/mol. The highest BCUT2D eigenvalue weighted by atomic mass is 32.1. The molecule has 0 bridgehead atoms. The number of ketones is 1. The monoisotopic (exact) mass is 191 g/mol. The minimum atomic E-state index is -0.472. The number of nitriles is 1. The molecule has 3 heteroatoms. The Kier molecular flexibility index (Phi) is 1.74. The molecule has 1 saturated carbocycles. The van der Waals surface area contributed by atoms with E-state index in [1.165, 1.54) is 0 Å². The van der Waals surface area contributed by atoms with Gasteiger partial charge in [-0.05, 0) is 24.8 Å². The molecule has 1 aliphatic rings. The van der Waals surface area contributed by atoms with Crippen molar-refractivity contribution in [2.45, 2.75) is 18.8 Å². The molecule has 0 saturated heterocycles. The van der Waals surface area contributed by atoms with Crippen LogP contribution in [0.4, 0.5) is 0 Å². The number of nitrogens with zero attached hydrogens (tertiary/aromatic N) is 1. The highest BCUT2D eigenvalue weighted by Crippen LogP contribution is 2.55. The summed E-state index contributed by atoms with van der Waals surface area (Å²) in [6.07, 6.45) is 0.708. The van der Waals surface area contributed by atoms with Crippen LogP contribution in [-0.2, 0) is 10.2 Å². The summed E-state index contributed by atoms with van der Waals surface area (Å²) in [5.74, 6) is 0.0751. The number of rotatable bonds is 2. The number of hydrogen-bond donors (Lipinski definition) is 0. The van der Waals surface area contributed by atoms with Gasteiger partial charge in [-0.2, -0.15) is 5.26 Å². The van der Waals surface area contributed by atoms with Gasteiger partial charge in [-0.15, -0.1) is 11.3 Å². The molecule has 0 radical (unpaired) electrons. The summed E-state index contributed by atoms with van der Waals surface area (Å²) in [6.45, 7) is 1.57. The summed E-state index contributed by atoms with van der Waals surface area (Å²) in [6, 6.07) is 6.14. The zero-order valence-electron chi connectivity index (χ0n) is 7.28. The van der Waals surface area contributed by atoms with Crippen LogP contribution in [0.15, 0.2) is 17.5 Å². The van der Waals surface area contributed by atoms with Crippen LogP contribution in [0.5, 0.6) is 0 Å². The lowest BCUT2D eigenvalue weighted by Gasteiger charge is -2.02. The molecule has 1 aliphatic carbocycles. The normalized spacial score (nSPS) is 30.9. The van der Waals surface area contributed by atoms with Crippen LogP contribution in [0.1, 0.15) is 18.2 Å². The molecule has 1 aromatic rings. The molecule has 2 atom stereocenters. The summed E-state index contributed by atoms with van der Waals surface area (Å²) in [7, 11) is 0. The molecule has 0 aromatic carbocycles. The summed E-state index contributed by atoms with van der Waals surface area (Å²) >= 11 is 1.56. The van der Waals surface area contributed by atoms with Crippen LogP contribution in [0.25, 0.3) is 0 Å². The summed E-state index contributed by atoms with van der Waals surface area (Å²) in [5, 5.41) is 11.0. The first-order valence-corrected chi connectivity index (χ1v) is 5.04. The van der Waals surface area contributed by atoms with Crippen LogP contribution >= 0.6 is 11.3 Å². The van der Waals surface area contributed by atoms with E-state index in [4.69, 9.17) is 5.26 Å². The van der Waals surface area contributed by atoms with Gasteiger partial charge in [0.1, 0.15) is 11.2 Å². The zero-order valence-corrected chi connectivity index (χ0v) is 8.10. The molecular formula is C10H9NOS. The van der Waals surface area contributed by atoms with Crippen LogP contribution in [0.3, 0.4) is 0 Å². The standard InChI is InChI=1S/C10H9NOS/c1-7(12)8-5-10(8,6-11)9-3-2-4-13-9/h2-4,8H,5H2,1H3/t8-,10-/m0/s1. The van der Waals surface area contributed by atoms with E-state index in [2.05, 4.69) is 6.07 Å². The van der Waals surface area contributed by atoms with E-state index in [-0.39, 0.29) is 11.7 Å². The maximum Gasteiger partial charge on any atom is 0.134 e. The molecular weight excluding hydrogens is 182 g/mol. The van der Waals surface area contributed by atoms with Crippen molar-refractivity contribution < 1.29 is 4.79 Å². The highest BCUT2D eigenvalue weighted by Gasteiger charge is 2.59. The van der Waals surface area contributed by atoms with E-state index in [1.54, 1.807) is 18.3 Å². The molecule has 0 unspecified atom stereocenters. The molecule has 0 spiro atoms. The van der Waals surface area contributed by atoms with Crippen molar-refractivity contribution in [3.05, 3.63) is 22.4 Å². The Morgan fingerprint density at radius 3 is 3.00 bits per heavy atom. The fourth-order valence-corrected chi connectivity index (χ4v) is 2.68. The Hall–Kier alpha value is -1.14. The smallest absolute Gasteiger partial charge is 0.134 e. The van der Waals surface area contributed by atoms with E-state index >= 15 is 0 Å². The van der Waals surface area contributed by atoms with Gasteiger partial charge in [-0.3, -0.25) is 4.79 Å². The van der Waals surface area contributed by atoms with Crippen molar-refractivity contribution >= 4 is 17.1 Å². The van der Waals surface area contributed by atoms with Crippen LogP contribution in [0, 0.1) is 17.2 Å². The third-order valence-corrected chi connectivity index (χ3v) is 3.66. The molecule has 0 aliphatic heterocycles. The van der Waals surface area contributed by atoms with Crippen molar-refractivity contribution in [2.75, 3.05) is 0 Å². The summed E-state index contributed by atoms with van der Waals surface area (Å²) in [5.41, 5.74) is -0.472. The third-order valence-electron chi connectivity index (χ3n) is 2.61. The van der Waals surface area contributed by atoms with Gasteiger partial charge in [0.2, 0.25) is 0 Å².